The number of rotatable bonds is 4. The summed E-state index contributed by atoms with van der Waals surface area (Å²) >= 11 is 6.08. The Labute approximate surface area is 125 Å². The number of nitrogens with two attached hydrogens (primary N) is 1. The van der Waals surface area contributed by atoms with Crippen LogP contribution in [0.5, 0.6) is 0 Å². The van der Waals surface area contributed by atoms with Crippen molar-refractivity contribution in [3.05, 3.63) is 23.2 Å². The number of likely N-dealkylation sites (N-methyl/N-ethyl adjacent to an activating group) is 1. The minimum Gasteiger partial charge on any atom is -0.399 e. The van der Waals surface area contributed by atoms with E-state index in [2.05, 4.69) is 10.2 Å². The average Bonchev–Trinajstić information content (AvgIpc) is 2.94. The highest BCUT2D eigenvalue weighted by atomic mass is 35.5. The van der Waals surface area contributed by atoms with Crippen LogP contribution in [0.4, 0.5) is 11.4 Å². The Hall–Kier alpha value is -1.26. The largest absolute Gasteiger partial charge is 0.399 e. The maximum atomic E-state index is 12.3. The highest BCUT2D eigenvalue weighted by Crippen LogP contribution is 2.26. The standard InChI is InChI=1S/C15H22ClN3O/c1-10(19(2)12-5-3-4-6-12)15(20)18-14-8-7-11(17)9-13(14)16/h7-10,12H,3-6,17H2,1-2H3,(H,18,20). The molecule has 3 N–H and O–H groups in total. The third-order valence-corrected chi connectivity index (χ3v) is 4.45. The van der Waals surface area contributed by atoms with Gasteiger partial charge in [-0.1, -0.05) is 24.4 Å². The SMILES string of the molecule is CC(C(=O)Nc1ccc(N)cc1Cl)N(C)C1CCCC1. The second kappa shape index (κ2) is 6.46. The van der Waals surface area contributed by atoms with E-state index in [1.165, 1.54) is 25.7 Å². The summed E-state index contributed by atoms with van der Waals surface area (Å²) in [7, 11) is 2.02. The second-order valence-corrected chi connectivity index (χ2v) is 5.92. The van der Waals surface area contributed by atoms with Gasteiger partial charge in [-0.2, -0.15) is 0 Å². The fraction of sp³-hybridized carbons (Fsp3) is 0.533. The Morgan fingerprint density at radius 2 is 2.10 bits per heavy atom. The summed E-state index contributed by atoms with van der Waals surface area (Å²) in [5, 5.41) is 3.34. The molecule has 1 aliphatic carbocycles. The Balaban J connectivity index is 1.99. The van der Waals surface area contributed by atoms with Crippen LogP contribution in [0.25, 0.3) is 0 Å². The van der Waals surface area contributed by atoms with E-state index in [9.17, 15) is 4.79 Å². The van der Waals surface area contributed by atoms with Crippen molar-refractivity contribution in [3.8, 4) is 0 Å². The molecule has 0 aromatic heterocycles. The van der Waals surface area contributed by atoms with Gasteiger partial charge in [0.2, 0.25) is 5.91 Å². The van der Waals surface area contributed by atoms with E-state index < -0.39 is 0 Å². The van der Waals surface area contributed by atoms with Gasteiger partial charge in [-0.25, -0.2) is 0 Å². The predicted molar refractivity (Wildman–Crippen MR) is 84.0 cm³/mol. The lowest BCUT2D eigenvalue weighted by atomic mass is 10.1. The number of amides is 1. The van der Waals surface area contributed by atoms with Crippen molar-refractivity contribution in [3.63, 3.8) is 0 Å². The van der Waals surface area contributed by atoms with Crippen molar-refractivity contribution in [2.75, 3.05) is 18.1 Å². The van der Waals surface area contributed by atoms with Gasteiger partial charge in [0.15, 0.2) is 0 Å². The van der Waals surface area contributed by atoms with Gasteiger partial charge in [0.1, 0.15) is 0 Å². The van der Waals surface area contributed by atoms with Crippen LogP contribution in [0, 0.1) is 0 Å². The molecule has 1 aliphatic rings. The predicted octanol–water partition coefficient (Wildman–Crippen LogP) is 3.12. The van der Waals surface area contributed by atoms with Crippen molar-refractivity contribution in [2.24, 2.45) is 0 Å². The van der Waals surface area contributed by atoms with Gasteiger partial charge >= 0.3 is 0 Å². The van der Waals surface area contributed by atoms with Crippen molar-refractivity contribution >= 4 is 28.9 Å². The molecule has 0 heterocycles. The number of hydrogen-bond donors (Lipinski definition) is 2. The fourth-order valence-corrected chi connectivity index (χ4v) is 2.92. The van der Waals surface area contributed by atoms with Crippen LogP contribution < -0.4 is 11.1 Å². The van der Waals surface area contributed by atoms with Gasteiger partial charge in [-0.3, -0.25) is 9.69 Å². The van der Waals surface area contributed by atoms with Gasteiger partial charge in [0, 0.05) is 11.7 Å². The highest BCUT2D eigenvalue weighted by Gasteiger charge is 2.27. The molecule has 1 aromatic carbocycles. The van der Waals surface area contributed by atoms with Gasteiger partial charge in [-0.05, 0) is 45.0 Å². The first-order chi connectivity index (χ1) is 9.49. The summed E-state index contributed by atoms with van der Waals surface area (Å²) < 4.78 is 0. The summed E-state index contributed by atoms with van der Waals surface area (Å²) in [4.78, 5) is 14.5. The van der Waals surface area contributed by atoms with Crippen LogP contribution in [0.1, 0.15) is 32.6 Å². The van der Waals surface area contributed by atoms with E-state index >= 15 is 0 Å². The number of carbonyl (C=O) groups excluding carboxylic acids is 1. The average molecular weight is 296 g/mol. The minimum absolute atomic E-state index is 0.0360. The van der Waals surface area contributed by atoms with Gasteiger partial charge in [0.25, 0.3) is 0 Å². The molecule has 1 aromatic rings. The monoisotopic (exact) mass is 295 g/mol. The molecule has 20 heavy (non-hydrogen) atoms. The van der Waals surface area contributed by atoms with Crippen LogP contribution in [0.2, 0.25) is 5.02 Å². The van der Waals surface area contributed by atoms with Gasteiger partial charge in [-0.15, -0.1) is 0 Å². The Bertz CT molecular complexity index is 486. The fourth-order valence-electron chi connectivity index (χ4n) is 2.68. The first-order valence-corrected chi connectivity index (χ1v) is 7.44. The van der Waals surface area contributed by atoms with Crippen LogP contribution >= 0.6 is 11.6 Å². The van der Waals surface area contributed by atoms with E-state index in [1.807, 2.05) is 14.0 Å². The van der Waals surface area contributed by atoms with Crippen molar-refractivity contribution in [1.82, 2.24) is 4.90 Å². The van der Waals surface area contributed by atoms with Gasteiger partial charge in [0.05, 0.1) is 16.8 Å². The summed E-state index contributed by atoms with van der Waals surface area (Å²) in [6, 6.07) is 5.44. The quantitative estimate of drug-likeness (QED) is 0.839. The zero-order valence-electron chi connectivity index (χ0n) is 12.0. The number of halogens is 1. The van der Waals surface area contributed by atoms with Gasteiger partial charge < -0.3 is 11.1 Å². The molecule has 0 aliphatic heterocycles. The lowest BCUT2D eigenvalue weighted by Gasteiger charge is -2.29. The third kappa shape index (κ3) is 3.44. The number of nitrogens with zero attached hydrogens (tertiary/aromatic N) is 1. The molecular formula is C15H22ClN3O. The smallest absolute Gasteiger partial charge is 0.241 e. The summed E-state index contributed by atoms with van der Waals surface area (Å²) in [5.74, 6) is -0.0360. The van der Waals surface area contributed by atoms with Crippen molar-refractivity contribution in [2.45, 2.75) is 44.7 Å². The number of nitrogen functional groups attached to an aromatic ring is 1. The molecule has 2 rings (SSSR count). The minimum atomic E-state index is -0.174. The molecule has 4 nitrogen and oxygen atoms in total. The molecule has 1 saturated carbocycles. The first kappa shape index (κ1) is 15.1. The molecule has 1 unspecified atom stereocenters. The van der Waals surface area contributed by atoms with Crippen molar-refractivity contribution < 1.29 is 4.79 Å². The molecule has 0 radical (unpaired) electrons. The number of nitrogens with one attached hydrogen (secondary N) is 1. The van der Waals surface area contributed by atoms with E-state index in [-0.39, 0.29) is 11.9 Å². The van der Waals surface area contributed by atoms with E-state index in [0.29, 0.717) is 22.4 Å². The lowest BCUT2D eigenvalue weighted by Crippen LogP contribution is -2.44. The Kier molecular flexibility index (Phi) is 4.89. The molecule has 1 amide bonds. The Morgan fingerprint density at radius 1 is 1.45 bits per heavy atom. The molecule has 5 heteroatoms. The van der Waals surface area contributed by atoms with Crippen molar-refractivity contribution in [1.29, 1.82) is 0 Å². The van der Waals surface area contributed by atoms with Crippen LogP contribution in [0.3, 0.4) is 0 Å². The zero-order chi connectivity index (χ0) is 14.7. The lowest BCUT2D eigenvalue weighted by molar-refractivity contribution is -0.121. The van der Waals surface area contributed by atoms with E-state index in [1.54, 1.807) is 18.2 Å². The van der Waals surface area contributed by atoms with Crippen LogP contribution in [-0.4, -0.2) is 29.9 Å². The summed E-state index contributed by atoms with van der Waals surface area (Å²) in [6.07, 6.45) is 4.87. The summed E-state index contributed by atoms with van der Waals surface area (Å²) in [5.41, 5.74) is 6.84. The first-order valence-electron chi connectivity index (χ1n) is 7.07. The molecular weight excluding hydrogens is 274 g/mol. The van der Waals surface area contributed by atoms with E-state index in [4.69, 9.17) is 17.3 Å². The van der Waals surface area contributed by atoms with Crippen LogP contribution in [0.15, 0.2) is 18.2 Å². The molecule has 0 spiro atoms. The molecule has 0 bridgehead atoms. The number of hydrogen-bond acceptors (Lipinski definition) is 3. The zero-order valence-corrected chi connectivity index (χ0v) is 12.8. The van der Waals surface area contributed by atoms with E-state index in [0.717, 1.165) is 0 Å². The second-order valence-electron chi connectivity index (χ2n) is 5.51. The number of benzene rings is 1. The normalized spacial score (nSPS) is 17.4. The maximum absolute atomic E-state index is 12.3. The van der Waals surface area contributed by atoms with Crippen LogP contribution in [-0.2, 0) is 4.79 Å². The molecule has 0 saturated heterocycles. The number of anilines is 2. The molecule has 110 valence electrons. The third-order valence-electron chi connectivity index (χ3n) is 4.14. The highest BCUT2D eigenvalue weighted by molar-refractivity contribution is 6.34. The Morgan fingerprint density at radius 3 is 2.70 bits per heavy atom. The number of carbonyl (C=O) groups is 1. The summed E-state index contributed by atoms with van der Waals surface area (Å²) in [6.45, 7) is 1.93. The topological polar surface area (TPSA) is 58.4 Å². The molecule has 1 atom stereocenters. The maximum Gasteiger partial charge on any atom is 0.241 e. The molecule has 1 fully saturated rings.